The molecule has 0 aliphatic carbocycles. The van der Waals surface area contributed by atoms with Gasteiger partial charge in [0.2, 0.25) is 0 Å². The Morgan fingerprint density at radius 1 is 1.29 bits per heavy atom. The van der Waals surface area contributed by atoms with Crippen molar-refractivity contribution in [2.45, 2.75) is 6.42 Å². The maximum atomic E-state index is 13.5. The van der Waals surface area contributed by atoms with E-state index in [1.54, 1.807) is 12.1 Å². The smallest absolute Gasteiger partial charge is 0.176 e. The lowest BCUT2D eigenvalue weighted by Crippen LogP contribution is -2.08. The van der Waals surface area contributed by atoms with Crippen LogP contribution in [0.15, 0.2) is 39.4 Å². The van der Waals surface area contributed by atoms with Crippen molar-refractivity contribution in [1.82, 2.24) is 0 Å². The molecule has 1 heterocycles. The van der Waals surface area contributed by atoms with E-state index in [4.69, 9.17) is 4.42 Å². The maximum Gasteiger partial charge on any atom is 0.176 e. The molecule has 0 saturated carbocycles. The molecule has 2 aromatic rings. The van der Waals surface area contributed by atoms with Gasteiger partial charge in [-0.15, -0.1) is 0 Å². The summed E-state index contributed by atoms with van der Waals surface area (Å²) in [6, 6.07) is 5.29. The van der Waals surface area contributed by atoms with E-state index in [0.29, 0.717) is 5.76 Å². The Labute approximate surface area is 104 Å². The van der Waals surface area contributed by atoms with Crippen LogP contribution in [0.3, 0.4) is 0 Å². The van der Waals surface area contributed by atoms with Crippen LogP contribution in [-0.4, -0.2) is 5.78 Å². The zero-order valence-electron chi connectivity index (χ0n) is 8.54. The van der Waals surface area contributed by atoms with Gasteiger partial charge in [-0.3, -0.25) is 4.79 Å². The van der Waals surface area contributed by atoms with E-state index < -0.39 is 23.0 Å². The summed E-state index contributed by atoms with van der Waals surface area (Å²) in [6.45, 7) is 0. The second-order valence-electron chi connectivity index (χ2n) is 3.42. The van der Waals surface area contributed by atoms with Gasteiger partial charge >= 0.3 is 0 Å². The summed E-state index contributed by atoms with van der Waals surface area (Å²) in [4.78, 5) is 11.7. The first kappa shape index (κ1) is 12.0. The summed E-state index contributed by atoms with van der Waals surface area (Å²) in [5.74, 6) is -2.04. The van der Waals surface area contributed by atoms with Crippen LogP contribution in [-0.2, 0) is 6.42 Å². The number of hydrogen-bond acceptors (Lipinski definition) is 2. The van der Waals surface area contributed by atoms with E-state index in [1.807, 2.05) is 0 Å². The van der Waals surface area contributed by atoms with Crippen molar-refractivity contribution in [3.05, 3.63) is 58.0 Å². The van der Waals surface area contributed by atoms with E-state index in [0.717, 1.165) is 12.1 Å². The monoisotopic (exact) mass is 300 g/mol. The van der Waals surface area contributed by atoms with Crippen LogP contribution in [0, 0.1) is 11.6 Å². The molecule has 2 nitrogen and oxygen atoms in total. The third-order valence-corrected chi connectivity index (χ3v) is 2.66. The van der Waals surface area contributed by atoms with Gasteiger partial charge in [0.1, 0.15) is 17.4 Å². The Kier molecular flexibility index (Phi) is 3.38. The highest BCUT2D eigenvalue weighted by Gasteiger charge is 2.19. The molecule has 0 unspecified atom stereocenters. The fourth-order valence-corrected chi connectivity index (χ4v) is 1.87. The van der Waals surface area contributed by atoms with Gasteiger partial charge in [0.15, 0.2) is 5.78 Å². The predicted molar refractivity (Wildman–Crippen MR) is 60.8 cm³/mol. The lowest BCUT2D eigenvalue weighted by molar-refractivity contribution is 0.0979. The van der Waals surface area contributed by atoms with Gasteiger partial charge in [0.25, 0.3) is 0 Å². The van der Waals surface area contributed by atoms with Crippen LogP contribution in [0.4, 0.5) is 8.78 Å². The molecule has 0 spiro atoms. The topological polar surface area (TPSA) is 30.2 Å². The van der Waals surface area contributed by atoms with E-state index in [2.05, 4.69) is 15.9 Å². The average molecular weight is 301 g/mol. The minimum absolute atomic E-state index is 0.164. The minimum atomic E-state index is -0.881. The number of halogens is 3. The summed E-state index contributed by atoms with van der Waals surface area (Å²) >= 11 is 2.95. The molecule has 17 heavy (non-hydrogen) atoms. The van der Waals surface area contributed by atoms with Crippen LogP contribution in [0.1, 0.15) is 16.1 Å². The highest BCUT2D eigenvalue weighted by Crippen LogP contribution is 2.21. The number of furan rings is 1. The van der Waals surface area contributed by atoms with E-state index in [1.165, 1.54) is 6.26 Å². The molecule has 0 amide bonds. The maximum absolute atomic E-state index is 13.5. The summed E-state index contributed by atoms with van der Waals surface area (Å²) < 4.78 is 32.1. The zero-order valence-corrected chi connectivity index (χ0v) is 10.1. The summed E-state index contributed by atoms with van der Waals surface area (Å²) in [7, 11) is 0. The summed E-state index contributed by atoms with van der Waals surface area (Å²) in [5, 5.41) is 0. The van der Waals surface area contributed by atoms with Crippen LogP contribution in [0.25, 0.3) is 0 Å². The molecular formula is C12H7BrF2O2. The molecule has 0 N–H and O–H groups in total. The van der Waals surface area contributed by atoms with Gasteiger partial charge in [-0.1, -0.05) is 15.9 Å². The van der Waals surface area contributed by atoms with Crippen molar-refractivity contribution < 1.29 is 18.0 Å². The second-order valence-corrected chi connectivity index (χ2v) is 4.34. The van der Waals surface area contributed by atoms with Gasteiger partial charge in [0, 0.05) is 4.47 Å². The number of ketones is 1. The molecule has 2 rings (SSSR count). The second kappa shape index (κ2) is 4.79. The normalized spacial score (nSPS) is 10.5. The number of benzene rings is 1. The summed E-state index contributed by atoms with van der Waals surface area (Å²) in [6.07, 6.45) is 1.24. The van der Waals surface area contributed by atoms with Crippen molar-refractivity contribution in [3.8, 4) is 0 Å². The number of Topliss-reactive ketones (excluding diaryl/α,β-unsaturated/α-hetero) is 1. The highest BCUT2D eigenvalue weighted by molar-refractivity contribution is 9.10. The first-order chi connectivity index (χ1) is 8.08. The lowest BCUT2D eigenvalue weighted by Gasteiger charge is -2.03. The molecule has 1 aromatic carbocycles. The zero-order chi connectivity index (χ0) is 12.4. The number of carbonyl (C=O) groups excluding carboxylic acids is 1. The fraction of sp³-hybridized carbons (Fsp3) is 0.0833. The van der Waals surface area contributed by atoms with Gasteiger partial charge < -0.3 is 4.42 Å². The highest BCUT2D eigenvalue weighted by atomic mass is 79.9. The third-order valence-electron chi connectivity index (χ3n) is 2.20. The van der Waals surface area contributed by atoms with Gasteiger partial charge in [-0.25, -0.2) is 8.78 Å². The Bertz CT molecular complexity index is 527. The summed E-state index contributed by atoms with van der Waals surface area (Å²) in [5.41, 5.74) is -0.537. The molecular weight excluding hydrogens is 294 g/mol. The molecule has 0 bridgehead atoms. The van der Waals surface area contributed by atoms with Crippen LogP contribution < -0.4 is 0 Å². The average Bonchev–Trinajstić information content (AvgIpc) is 2.68. The number of rotatable bonds is 3. The molecule has 88 valence electrons. The van der Waals surface area contributed by atoms with E-state index in [9.17, 15) is 13.6 Å². The molecule has 5 heteroatoms. The van der Waals surface area contributed by atoms with Crippen LogP contribution in [0.5, 0.6) is 0 Å². The lowest BCUT2D eigenvalue weighted by atomic mass is 10.1. The van der Waals surface area contributed by atoms with Gasteiger partial charge in [-0.05, 0) is 24.3 Å². The fourth-order valence-electron chi connectivity index (χ4n) is 1.47. The minimum Gasteiger partial charge on any atom is -0.469 e. The molecule has 0 radical (unpaired) electrons. The Hall–Kier alpha value is -1.49. The van der Waals surface area contributed by atoms with E-state index in [-0.39, 0.29) is 10.9 Å². The largest absolute Gasteiger partial charge is 0.469 e. The quantitative estimate of drug-likeness (QED) is 0.808. The third kappa shape index (κ3) is 2.61. The molecule has 0 aliphatic heterocycles. The Morgan fingerprint density at radius 2 is 1.94 bits per heavy atom. The van der Waals surface area contributed by atoms with Crippen LogP contribution >= 0.6 is 15.9 Å². The van der Waals surface area contributed by atoms with Gasteiger partial charge in [-0.2, -0.15) is 0 Å². The SMILES string of the molecule is O=C(Cc1ccco1)c1c(F)cc(Br)cc1F. The Morgan fingerprint density at radius 3 is 2.47 bits per heavy atom. The standard InChI is InChI=1S/C12H7BrF2O2/c13-7-4-9(14)12(10(15)5-7)11(16)6-8-2-1-3-17-8/h1-5H,6H2. The molecule has 0 aliphatic rings. The molecule has 0 atom stereocenters. The van der Waals surface area contributed by atoms with Crippen molar-refractivity contribution in [2.75, 3.05) is 0 Å². The predicted octanol–water partition coefficient (Wildman–Crippen LogP) is 3.75. The van der Waals surface area contributed by atoms with Gasteiger partial charge in [0.05, 0.1) is 18.2 Å². The first-order valence-electron chi connectivity index (χ1n) is 4.78. The molecule has 1 aromatic heterocycles. The molecule has 0 saturated heterocycles. The van der Waals surface area contributed by atoms with E-state index >= 15 is 0 Å². The van der Waals surface area contributed by atoms with Crippen molar-refractivity contribution in [2.24, 2.45) is 0 Å². The molecule has 0 fully saturated rings. The van der Waals surface area contributed by atoms with Crippen molar-refractivity contribution in [1.29, 1.82) is 0 Å². The number of hydrogen-bond donors (Lipinski definition) is 0. The number of carbonyl (C=O) groups is 1. The van der Waals surface area contributed by atoms with Crippen molar-refractivity contribution >= 4 is 21.7 Å². The Balaban J connectivity index is 2.31. The van der Waals surface area contributed by atoms with Crippen LogP contribution in [0.2, 0.25) is 0 Å². The first-order valence-corrected chi connectivity index (χ1v) is 5.57. The van der Waals surface area contributed by atoms with Crippen molar-refractivity contribution in [3.63, 3.8) is 0 Å².